The van der Waals surface area contributed by atoms with Crippen LogP contribution >= 0.6 is 0 Å². The van der Waals surface area contributed by atoms with Gasteiger partial charge in [0.05, 0.1) is 12.6 Å². The third-order valence-corrected chi connectivity index (χ3v) is 3.32. The number of hydrogen-bond donors (Lipinski definition) is 1. The van der Waals surface area contributed by atoms with E-state index < -0.39 is 0 Å². The second-order valence-corrected chi connectivity index (χ2v) is 4.86. The molecule has 0 aliphatic rings. The zero-order valence-electron chi connectivity index (χ0n) is 11.5. The van der Waals surface area contributed by atoms with Gasteiger partial charge in [0.15, 0.2) is 11.4 Å². The maximum atomic E-state index is 13.6. The maximum absolute atomic E-state index is 13.6. The van der Waals surface area contributed by atoms with Crippen LogP contribution in [0.5, 0.6) is 5.75 Å². The fourth-order valence-corrected chi connectivity index (χ4v) is 2.19. The quantitative estimate of drug-likeness (QED) is 0.769. The Morgan fingerprint density at radius 1 is 1.10 bits per heavy atom. The van der Waals surface area contributed by atoms with Gasteiger partial charge in [0.2, 0.25) is 0 Å². The molecule has 1 aromatic heterocycles. The van der Waals surface area contributed by atoms with Crippen molar-refractivity contribution in [2.45, 2.75) is 12.5 Å². The standard InChI is InChI=1S/C17H16FNO2/c18-14-8-4-5-12-11-16(21-17(12)14)15(19)9-10-20-13-6-2-1-3-7-13/h1-8,11,15H,9-10,19H2. The van der Waals surface area contributed by atoms with Crippen LogP contribution in [0.3, 0.4) is 0 Å². The lowest BCUT2D eigenvalue weighted by Gasteiger charge is -2.10. The molecule has 3 aromatic rings. The minimum absolute atomic E-state index is 0.256. The number of fused-ring (bicyclic) bond motifs is 1. The second-order valence-electron chi connectivity index (χ2n) is 4.86. The minimum Gasteiger partial charge on any atom is -0.494 e. The van der Waals surface area contributed by atoms with E-state index >= 15 is 0 Å². The van der Waals surface area contributed by atoms with Crippen LogP contribution in [0, 0.1) is 5.82 Å². The highest BCUT2D eigenvalue weighted by molar-refractivity contribution is 5.78. The van der Waals surface area contributed by atoms with E-state index in [1.165, 1.54) is 6.07 Å². The summed E-state index contributed by atoms with van der Waals surface area (Å²) in [5, 5.41) is 0.726. The summed E-state index contributed by atoms with van der Waals surface area (Å²) in [6, 6.07) is 15.8. The van der Waals surface area contributed by atoms with Crippen molar-refractivity contribution in [2.24, 2.45) is 5.73 Å². The van der Waals surface area contributed by atoms with Gasteiger partial charge >= 0.3 is 0 Å². The number of nitrogens with two attached hydrogens (primary N) is 1. The summed E-state index contributed by atoms with van der Waals surface area (Å²) in [6.45, 7) is 0.477. The number of para-hydroxylation sites is 2. The predicted octanol–water partition coefficient (Wildman–Crippen LogP) is 4.04. The molecular formula is C17H16FNO2. The van der Waals surface area contributed by atoms with Crippen molar-refractivity contribution in [2.75, 3.05) is 6.61 Å². The van der Waals surface area contributed by atoms with Gasteiger partial charge in [-0.3, -0.25) is 0 Å². The van der Waals surface area contributed by atoms with Crippen molar-refractivity contribution in [3.63, 3.8) is 0 Å². The molecule has 108 valence electrons. The van der Waals surface area contributed by atoms with E-state index in [0.29, 0.717) is 18.8 Å². The molecule has 1 atom stereocenters. The van der Waals surface area contributed by atoms with Crippen molar-refractivity contribution in [1.29, 1.82) is 0 Å². The van der Waals surface area contributed by atoms with E-state index in [1.54, 1.807) is 18.2 Å². The van der Waals surface area contributed by atoms with Gasteiger partial charge in [-0.15, -0.1) is 0 Å². The van der Waals surface area contributed by atoms with Gasteiger partial charge in [-0.1, -0.05) is 30.3 Å². The average molecular weight is 285 g/mol. The van der Waals surface area contributed by atoms with Crippen LogP contribution in [-0.4, -0.2) is 6.61 Å². The van der Waals surface area contributed by atoms with Crippen LogP contribution < -0.4 is 10.5 Å². The molecule has 0 aliphatic heterocycles. The normalized spacial score (nSPS) is 12.5. The van der Waals surface area contributed by atoms with E-state index in [0.717, 1.165) is 11.1 Å². The lowest BCUT2D eigenvalue weighted by atomic mass is 10.1. The Balaban J connectivity index is 1.64. The topological polar surface area (TPSA) is 48.4 Å². The number of rotatable bonds is 5. The van der Waals surface area contributed by atoms with Gasteiger partial charge in [0.1, 0.15) is 11.5 Å². The Labute approximate surface area is 122 Å². The van der Waals surface area contributed by atoms with Crippen molar-refractivity contribution >= 4 is 11.0 Å². The third kappa shape index (κ3) is 3.06. The van der Waals surface area contributed by atoms with Crippen molar-refractivity contribution in [3.05, 3.63) is 66.2 Å². The molecule has 1 heterocycles. The molecule has 0 spiro atoms. The van der Waals surface area contributed by atoms with Crippen LogP contribution in [0.15, 0.2) is 59.0 Å². The van der Waals surface area contributed by atoms with Crippen LogP contribution in [-0.2, 0) is 0 Å². The Kier molecular flexibility index (Phi) is 3.88. The molecule has 3 rings (SSSR count). The van der Waals surface area contributed by atoms with Crippen LogP contribution in [0.1, 0.15) is 18.2 Å². The van der Waals surface area contributed by atoms with Gasteiger partial charge in [0, 0.05) is 11.8 Å². The molecule has 0 saturated carbocycles. The highest BCUT2D eigenvalue weighted by Crippen LogP contribution is 2.26. The first-order valence-corrected chi connectivity index (χ1v) is 6.85. The fraction of sp³-hybridized carbons (Fsp3) is 0.176. The molecule has 0 bridgehead atoms. The zero-order valence-corrected chi connectivity index (χ0v) is 11.5. The monoisotopic (exact) mass is 285 g/mol. The molecule has 2 N–H and O–H groups in total. The zero-order chi connectivity index (χ0) is 14.7. The summed E-state index contributed by atoms with van der Waals surface area (Å²) in [7, 11) is 0. The fourth-order valence-electron chi connectivity index (χ4n) is 2.19. The molecule has 2 aromatic carbocycles. The molecular weight excluding hydrogens is 269 g/mol. The number of halogens is 1. The average Bonchev–Trinajstić information content (AvgIpc) is 2.94. The van der Waals surface area contributed by atoms with Crippen molar-refractivity contribution in [3.8, 4) is 5.75 Å². The first-order chi connectivity index (χ1) is 10.2. The Hall–Kier alpha value is -2.33. The second kappa shape index (κ2) is 5.97. The number of hydrogen-bond acceptors (Lipinski definition) is 3. The molecule has 0 amide bonds. The smallest absolute Gasteiger partial charge is 0.169 e. The molecule has 0 saturated heterocycles. The molecule has 0 radical (unpaired) electrons. The van der Waals surface area contributed by atoms with E-state index in [1.807, 2.05) is 30.3 Å². The molecule has 21 heavy (non-hydrogen) atoms. The lowest BCUT2D eigenvalue weighted by Crippen LogP contribution is -2.13. The van der Waals surface area contributed by atoms with Gasteiger partial charge in [-0.25, -0.2) is 4.39 Å². The Bertz CT molecular complexity index is 724. The minimum atomic E-state index is -0.369. The molecule has 3 nitrogen and oxygen atoms in total. The molecule has 4 heteroatoms. The summed E-state index contributed by atoms with van der Waals surface area (Å²) in [5.74, 6) is 1.01. The van der Waals surface area contributed by atoms with E-state index in [4.69, 9.17) is 14.9 Å². The maximum Gasteiger partial charge on any atom is 0.169 e. The highest BCUT2D eigenvalue weighted by Gasteiger charge is 2.14. The van der Waals surface area contributed by atoms with E-state index in [9.17, 15) is 4.39 Å². The van der Waals surface area contributed by atoms with Gasteiger partial charge in [-0.2, -0.15) is 0 Å². The molecule has 0 aliphatic carbocycles. The van der Waals surface area contributed by atoms with Crippen LogP contribution in [0.25, 0.3) is 11.0 Å². The Morgan fingerprint density at radius 2 is 1.90 bits per heavy atom. The van der Waals surface area contributed by atoms with Crippen molar-refractivity contribution in [1.82, 2.24) is 0 Å². The Morgan fingerprint density at radius 3 is 2.67 bits per heavy atom. The third-order valence-electron chi connectivity index (χ3n) is 3.32. The van der Waals surface area contributed by atoms with Gasteiger partial charge < -0.3 is 14.9 Å². The number of benzene rings is 2. The highest BCUT2D eigenvalue weighted by atomic mass is 19.1. The van der Waals surface area contributed by atoms with Crippen LogP contribution in [0.4, 0.5) is 4.39 Å². The van der Waals surface area contributed by atoms with E-state index in [2.05, 4.69) is 0 Å². The first kappa shape index (κ1) is 13.6. The van der Waals surface area contributed by atoms with Crippen molar-refractivity contribution < 1.29 is 13.5 Å². The lowest BCUT2D eigenvalue weighted by molar-refractivity contribution is 0.290. The first-order valence-electron chi connectivity index (χ1n) is 6.85. The van der Waals surface area contributed by atoms with Crippen LogP contribution in [0.2, 0.25) is 0 Å². The summed E-state index contributed by atoms with van der Waals surface area (Å²) in [4.78, 5) is 0. The summed E-state index contributed by atoms with van der Waals surface area (Å²) in [6.07, 6.45) is 0.594. The predicted molar refractivity (Wildman–Crippen MR) is 79.7 cm³/mol. The number of ether oxygens (including phenoxy) is 1. The number of furan rings is 1. The summed E-state index contributed by atoms with van der Waals surface area (Å²) in [5.41, 5.74) is 6.33. The largest absolute Gasteiger partial charge is 0.494 e. The SMILES string of the molecule is NC(CCOc1ccccc1)c1cc2cccc(F)c2o1. The summed E-state index contributed by atoms with van der Waals surface area (Å²) >= 11 is 0. The van der Waals surface area contributed by atoms with E-state index in [-0.39, 0.29) is 17.4 Å². The van der Waals surface area contributed by atoms with Gasteiger partial charge in [0.25, 0.3) is 0 Å². The molecule has 0 fully saturated rings. The van der Waals surface area contributed by atoms with Gasteiger partial charge in [-0.05, 0) is 24.3 Å². The molecule has 1 unspecified atom stereocenters. The summed E-state index contributed by atoms with van der Waals surface area (Å²) < 4.78 is 24.7.